The minimum atomic E-state index is -0.297. The Labute approximate surface area is 190 Å². The van der Waals surface area contributed by atoms with Crippen LogP contribution in [0.1, 0.15) is 17.7 Å². The summed E-state index contributed by atoms with van der Waals surface area (Å²) in [6.45, 7) is 2.54. The highest BCUT2D eigenvalue weighted by Gasteiger charge is 2.20. The summed E-state index contributed by atoms with van der Waals surface area (Å²) in [6, 6.07) is 19.0. The van der Waals surface area contributed by atoms with Crippen LogP contribution in [0, 0.1) is 5.82 Å². The summed E-state index contributed by atoms with van der Waals surface area (Å²) in [4.78, 5) is 19.6. The van der Waals surface area contributed by atoms with Gasteiger partial charge in [-0.25, -0.2) is 4.39 Å². The molecule has 0 bridgehead atoms. The molecule has 0 saturated carbocycles. The van der Waals surface area contributed by atoms with E-state index in [0.717, 1.165) is 40.8 Å². The van der Waals surface area contributed by atoms with Crippen LogP contribution in [0.5, 0.6) is 5.75 Å². The third kappa shape index (κ3) is 4.94. The van der Waals surface area contributed by atoms with Crippen molar-refractivity contribution in [3.63, 3.8) is 0 Å². The number of halogens is 1. The van der Waals surface area contributed by atoms with E-state index in [-0.39, 0.29) is 24.1 Å². The standard InChI is InChI=1S/C26H24FN3O3/c27-20-4-1-18(2-5-20)17-33-24-10-12-30(26(32)14-24)22-7-8-25-19(13-22)3-6-21(28-25)15-29-11-9-23(31)16-29/h1-8,10,12-14,23,31H,9,11,15-17H2. The van der Waals surface area contributed by atoms with Crippen molar-refractivity contribution in [2.24, 2.45) is 0 Å². The first-order valence-corrected chi connectivity index (χ1v) is 10.9. The zero-order valence-corrected chi connectivity index (χ0v) is 18.0. The van der Waals surface area contributed by atoms with Crippen LogP contribution >= 0.6 is 0 Å². The maximum Gasteiger partial charge on any atom is 0.258 e. The molecule has 1 atom stereocenters. The lowest BCUT2D eigenvalue weighted by Gasteiger charge is -2.14. The van der Waals surface area contributed by atoms with Gasteiger partial charge in [-0.15, -0.1) is 0 Å². The third-order valence-corrected chi connectivity index (χ3v) is 5.85. The number of pyridine rings is 2. The van der Waals surface area contributed by atoms with Crippen LogP contribution in [0.15, 0.2) is 77.7 Å². The summed E-state index contributed by atoms with van der Waals surface area (Å²) in [5, 5.41) is 10.7. The molecule has 1 unspecified atom stereocenters. The number of aromatic nitrogens is 2. The molecule has 1 aliphatic heterocycles. The molecule has 7 heteroatoms. The van der Waals surface area contributed by atoms with E-state index in [0.29, 0.717) is 18.8 Å². The molecule has 3 heterocycles. The second kappa shape index (κ2) is 9.13. The number of β-amino-alcohol motifs (C(OH)–C–C–N with tert-alkyl or cyclic N) is 1. The highest BCUT2D eigenvalue weighted by atomic mass is 19.1. The van der Waals surface area contributed by atoms with E-state index in [1.165, 1.54) is 18.2 Å². The number of fused-ring (bicyclic) bond motifs is 1. The van der Waals surface area contributed by atoms with E-state index >= 15 is 0 Å². The van der Waals surface area contributed by atoms with E-state index < -0.39 is 0 Å². The number of hydrogen-bond acceptors (Lipinski definition) is 5. The Morgan fingerprint density at radius 2 is 1.91 bits per heavy atom. The Balaban J connectivity index is 1.31. The van der Waals surface area contributed by atoms with E-state index in [2.05, 4.69) is 4.90 Å². The molecule has 1 aliphatic rings. The van der Waals surface area contributed by atoms with Gasteiger partial charge in [0.25, 0.3) is 5.56 Å². The lowest BCUT2D eigenvalue weighted by Crippen LogP contribution is -2.22. The van der Waals surface area contributed by atoms with Crippen LogP contribution in [0.3, 0.4) is 0 Å². The van der Waals surface area contributed by atoms with Crippen LogP contribution < -0.4 is 10.3 Å². The van der Waals surface area contributed by atoms with Crippen LogP contribution in [0.4, 0.5) is 4.39 Å². The molecule has 4 aromatic rings. The number of aliphatic hydroxyl groups excluding tert-OH is 1. The number of benzene rings is 2. The zero-order valence-electron chi connectivity index (χ0n) is 18.0. The minimum absolute atomic E-state index is 0.205. The molecule has 33 heavy (non-hydrogen) atoms. The second-order valence-electron chi connectivity index (χ2n) is 8.34. The summed E-state index contributed by atoms with van der Waals surface area (Å²) in [5.74, 6) is 0.161. The lowest BCUT2D eigenvalue weighted by molar-refractivity contribution is 0.174. The van der Waals surface area contributed by atoms with Crippen LogP contribution in [-0.4, -0.2) is 38.8 Å². The van der Waals surface area contributed by atoms with Gasteiger partial charge in [0, 0.05) is 43.0 Å². The van der Waals surface area contributed by atoms with E-state index in [1.54, 1.807) is 29.0 Å². The predicted molar refractivity (Wildman–Crippen MR) is 124 cm³/mol. The molecule has 2 aromatic carbocycles. The molecule has 0 amide bonds. The number of rotatable bonds is 6. The molecule has 0 aliphatic carbocycles. The average molecular weight is 445 g/mol. The number of nitrogens with zero attached hydrogens (tertiary/aromatic N) is 3. The van der Waals surface area contributed by atoms with Crippen molar-refractivity contribution in [1.82, 2.24) is 14.5 Å². The monoisotopic (exact) mass is 445 g/mol. The average Bonchev–Trinajstić information content (AvgIpc) is 3.23. The van der Waals surface area contributed by atoms with Gasteiger partial charge in [0.1, 0.15) is 18.2 Å². The molecule has 1 fully saturated rings. The molecule has 1 N–H and O–H groups in total. The van der Waals surface area contributed by atoms with Crippen LogP contribution in [-0.2, 0) is 13.2 Å². The van der Waals surface area contributed by atoms with Crippen molar-refractivity contribution < 1.29 is 14.2 Å². The summed E-state index contributed by atoms with van der Waals surface area (Å²) in [7, 11) is 0. The maximum absolute atomic E-state index is 13.0. The van der Waals surface area contributed by atoms with Crippen molar-refractivity contribution in [3.8, 4) is 11.4 Å². The van der Waals surface area contributed by atoms with Gasteiger partial charge in [-0.3, -0.25) is 19.2 Å². The number of aliphatic hydroxyl groups is 1. The first kappa shape index (κ1) is 21.3. The van der Waals surface area contributed by atoms with Gasteiger partial charge in [-0.1, -0.05) is 18.2 Å². The van der Waals surface area contributed by atoms with Crippen LogP contribution in [0.25, 0.3) is 16.6 Å². The minimum Gasteiger partial charge on any atom is -0.489 e. The smallest absolute Gasteiger partial charge is 0.258 e. The fourth-order valence-corrected chi connectivity index (χ4v) is 4.09. The number of ether oxygens (including phenoxy) is 1. The maximum atomic E-state index is 13.0. The molecule has 168 valence electrons. The molecule has 2 aromatic heterocycles. The van der Waals surface area contributed by atoms with E-state index in [1.807, 2.05) is 30.3 Å². The second-order valence-corrected chi connectivity index (χ2v) is 8.34. The van der Waals surface area contributed by atoms with Crippen molar-refractivity contribution in [1.29, 1.82) is 0 Å². The number of hydrogen-bond donors (Lipinski definition) is 1. The lowest BCUT2D eigenvalue weighted by atomic mass is 10.1. The SMILES string of the molecule is O=c1cc(OCc2ccc(F)cc2)ccn1-c1ccc2nc(CN3CCC(O)C3)ccc2c1. The van der Waals surface area contributed by atoms with Crippen molar-refractivity contribution in [2.45, 2.75) is 25.7 Å². The van der Waals surface area contributed by atoms with Crippen molar-refractivity contribution in [3.05, 3.63) is 100 Å². The van der Waals surface area contributed by atoms with Gasteiger partial charge in [-0.2, -0.15) is 0 Å². The molecule has 6 nitrogen and oxygen atoms in total. The van der Waals surface area contributed by atoms with Gasteiger partial charge in [0.05, 0.1) is 17.3 Å². The predicted octanol–water partition coefficient (Wildman–Crippen LogP) is 3.67. The molecular formula is C26H24FN3O3. The van der Waals surface area contributed by atoms with Gasteiger partial charge >= 0.3 is 0 Å². The molecule has 0 spiro atoms. The first-order chi connectivity index (χ1) is 16.0. The van der Waals surface area contributed by atoms with Crippen molar-refractivity contribution in [2.75, 3.05) is 13.1 Å². The molecule has 0 radical (unpaired) electrons. The molecule has 5 rings (SSSR count). The normalized spacial score (nSPS) is 16.4. The van der Waals surface area contributed by atoms with Gasteiger partial charge < -0.3 is 9.84 Å². The molecular weight excluding hydrogens is 421 g/mol. The highest BCUT2D eigenvalue weighted by Crippen LogP contribution is 2.20. The van der Waals surface area contributed by atoms with E-state index in [9.17, 15) is 14.3 Å². The molecule has 1 saturated heterocycles. The summed E-state index contributed by atoms with van der Waals surface area (Å²) >= 11 is 0. The Morgan fingerprint density at radius 1 is 1.06 bits per heavy atom. The highest BCUT2D eigenvalue weighted by molar-refractivity contribution is 5.81. The number of likely N-dealkylation sites (tertiary alicyclic amines) is 1. The first-order valence-electron chi connectivity index (χ1n) is 10.9. The quantitative estimate of drug-likeness (QED) is 0.491. The Kier molecular flexibility index (Phi) is 5.90. The van der Waals surface area contributed by atoms with Crippen molar-refractivity contribution >= 4 is 10.9 Å². The summed E-state index contributed by atoms with van der Waals surface area (Å²) < 4.78 is 20.3. The Morgan fingerprint density at radius 3 is 2.67 bits per heavy atom. The Hall–Kier alpha value is -3.55. The van der Waals surface area contributed by atoms with Crippen LogP contribution in [0.2, 0.25) is 0 Å². The fourth-order valence-electron chi connectivity index (χ4n) is 4.09. The van der Waals surface area contributed by atoms with E-state index in [4.69, 9.17) is 9.72 Å². The van der Waals surface area contributed by atoms with Gasteiger partial charge in [0.2, 0.25) is 0 Å². The van der Waals surface area contributed by atoms with Gasteiger partial charge in [-0.05, 0) is 54.4 Å². The topological polar surface area (TPSA) is 67.6 Å². The fraction of sp³-hybridized carbons (Fsp3) is 0.231. The summed E-state index contributed by atoms with van der Waals surface area (Å²) in [6.07, 6.45) is 2.25. The largest absolute Gasteiger partial charge is 0.489 e. The van der Waals surface area contributed by atoms with Gasteiger partial charge in [0.15, 0.2) is 0 Å². The summed E-state index contributed by atoms with van der Waals surface area (Å²) in [5.41, 5.74) is 3.19. The Bertz CT molecular complexity index is 1340. The third-order valence-electron chi connectivity index (χ3n) is 5.85. The zero-order chi connectivity index (χ0) is 22.8.